The molecular weight excluding hydrogens is 200 g/mol. The number of nitrogens with zero attached hydrogens (tertiary/aromatic N) is 3. The first kappa shape index (κ1) is 9.61. The molecule has 13 heavy (non-hydrogen) atoms. The van der Waals surface area contributed by atoms with Crippen LogP contribution in [0.15, 0.2) is 11.2 Å². The van der Waals surface area contributed by atoms with E-state index < -0.39 is 25.7 Å². The third-order valence-electron chi connectivity index (χ3n) is 1.24. The standard InChI is InChI=1S/C4H6N4O4S/c1-7-2-3(8(9)10)4(6-7)13(5,11)12/h2H,1H3,(H2,5,11,12). The molecule has 0 aliphatic carbocycles. The van der Waals surface area contributed by atoms with Crippen LogP contribution in [0.25, 0.3) is 0 Å². The highest BCUT2D eigenvalue weighted by Gasteiger charge is 2.27. The molecule has 0 aliphatic rings. The van der Waals surface area contributed by atoms with Gasteiger partial charge in [0.2, 0.25) is 0 Å². The van der Waals surface area contributed by atoms with E-state index in [1.165, 1.54) is 7.05 Å². The fourth-order valence-electron chi connectivity index (χ4n) is 0.783. The Balaban J connectivity index is 3.46. The monoisotopic (exact) mass is 206 g/mol. The number of hydrogen-bond acceptors (Lipinski definition) is 5. The lowest BCUT2D eigenvalue weighted by Gasteiger charge is -1.89. The van der Waals surface area contributed by atoms with Gasteiger partial charge in [-0.15, -0.1) is 0 Å². The van der Waals surface area contributed by atoms with Gasteiger partial charge < -0.3 is 0 Å². The van der Waals surface area contributed by atoms with E-state index in [1.807, 2.05) is 0 Å². The first-order valence-electron chi connectivity index (χ1n) is 3.03. The largest absolute Gasteiger partial charge is 0.327 e. The highest BCUT2D eigenvalue weighted by molar-refractivity contribution is 7.89. The van der Waals surface area contributed by atoms with Crippen molar-refractivity contribution in [3.05, 3.63) is 16.3 Å². The van der Waals surface area contributed by atoms with Crippen LogP contribution in [0.1, 0.15) is 0 Å². The Morgan fingerprint density at radius 2 is 2.23 bits per heavy atom. The fourth-order valence-corrected chi connectivity index (χ4v) is 1.44. The molecule has 0 spiro atoms. The van der Waals surface area contributed by atoms with E-state index in [-0.39, 0.29) is 0 Å². The molecule has 0 fully saturated rings. The first-order chi connectivity index (χ1) is 5.82. The van der Waals surface area contributed by atoms with E-state index >= 15 is 0 Å². The molecule has 8 nitrogen and oxygen atoms in total. The molecule has 0 unspecified atom stereocenters. The van der Waals surface area contributed by atoms with E-state index in [4.69, 9.17) is 5.14 Å². The molecule has 0 radical (unpaired) electrons. The van der Waals surface area contributed by atoms with Crippen molar-refractivity contribution < 1.29 is 13.3 Å². The fraction of sp³-hybridized carbons (Fsp3) is 0.250. The lowest BCUT2D eigenvalue weighted by Crippen LogP contribution is -2.14. The third-order valence-corrected chi connectivity index (χ3v) is 2.07. The molecule has 2 N–H and O–H groups in total. The highest BCUT2D eigenvalue weighted by atomic mass is 32.2. The summed E-state index contributed by atoms with van der Waals surface area (Å²) in [6, 6.07) is 0. The van der Waals surface area contributed by atoms with Gasteiger partial charge in [0.25, 0.3) is 15.0 Å². The van der Waals surface area contributed by atoms with Crippen LogP contribution >= 0.6 is 0 Å². The Kier molecular flexibility index (Phi) is 2.05. The van der Waals surface area contributed by atoms with Crippen molar-refractivity contribution in [2.24, 2.45) is 12.2 Å². The zero-order valence-electron chi connectivity index (χ0n) is 6.54. The van der Waals surface area contributed by atoms with Gasteiger partial charge in [-0.25, -0.2) is 13.6 Å². The molecule has 1 aromatic heterocycles. The third kappa shape index (κ3) is 1.81. The Morgan fingerprint density at radius 1 is 1.69 bits per heavy atom. The predicted molar refractivity (Wildman–Crippen MR) is 41.2 cm³/mol. The molecule has 0 amide bonds. The minimum Gasteiger partial charge on any atom is -0.267 e. The molecule has 0 aliphatic heterocycles. The molecule has 72 valence electrons. The number of rotatable bonds is 2. The maximum atomic E-state index is 10.8. The van der Waals surface area contributed by atoms with Gasteiger partial charge in [0, 0.05) is 7.05 Å². The maximum Gasteiger partial charge on any atom is 0.327 e. The minimum absolute atomic E-state index is 0.620. The molecule has 1 heterocycles. The van der Waals surface area contributed by atoms with E-state index in [9.17, 15) is 18.5 Å². The van der Waals surface area contributed by atoms with Gasteiger partial charge in [-0.2, -0.15) is 5.10 Å². The molecule has 1 aromatic rings. The van der Waals surface area contributed by atoms with E-state index in [0.29, 0.717) is 0 Å². The second-order valence-corrected chi connectivity index (χ2v) is 3.77. The number of nitrogens with two attached hydrogens (primary N) is 1. The van der Waals surface area contributed by atoms with Crippen LogP contribution in [0.3, 0.4) is 0 Å². The van der Waals surface area contributed by atoms with Crippen LogP contribution in [0.2, 0.25) is 0 Å². The van der Waals surface area contributed by atoms with Crippen molar-refractivity contribution in [2.75, 3.05) is 0 Å². The number of aryl methyl sites for hydroxylation is 1. The van der Waals surface area contributed by atoms with Gasteiger partial charge in [-0.1, -0.05) is 0 Å². The molecule has 1 rings (SSSR count). The van der Waals surface area contributed by atoms with Crippen LogP contribution in [0, 0.1) is 10.1 Å². The Bertz CT molecular complexity index is 447. The van der Waals surface area contributed by atoms with Crippen molar-refractivity contribution in [3.63, 3.8) is 0 Å². The van der Waals surface area contributed by atoms with Crippen LogP contribution in [0.4, 0.5) is 5.69 Å². The van der Waals surface area contributed by atoms with Crippen LogP contribution in [-0.4, -0.2) is 23.1 Å². The van der Waals surface area contributed by atoms with E-state index in [1.54, 1.807) is 0 Å². The SMILES string of the molecule is Cn1cc([N+](=O)[O-])c(S(N)(=O)=O)n1. The normalized spacial score (nSPS) is 11.5. The number of nitro groups is 1. The van der Waals surface area contributed by atoms with Crippen LogP contribution < -0.4 is 5.14 Å². The summed E-state index contributed by atoms with van der Waals surface area (Å²) in [7, 11) is -2.77. The number of primary sulfonamides is 1. The van der Waals surface area contributed by atoms with Crippen molar-refractivity contribution in [2.45, 2.75) is 5.03 Å². The Labute approximate surface area is 73.2 Å². The predicted octanol–water partition coefficient (Wildman–Crippen LogP) is -1.02. The van der Waals surface area contributed by atoms with Crippen molar-refractivity contribution in [1.82, 2.24) is 9.78 Å². The molecule has 0 saturated carbocycles. The Hall–Kier alpha value is -1.48. The lowest BCUT2D eigenvalue weighted by molar-refractivity contribution is -0.387. The van der Waals surface area contributed by atoms with Gasteiger partial charge in [0.1, 0.15) is 6.20 Å². The maximum absolute atomic E-state index is 10.8. The summed E-state index contributed by atoms with van der Waals surface area (Å²) in [4.78, 5) is 9.46. The van der Waals surface area contributed by atoms with E-state index in [2.05, 4.69) is 5.10 Å². The second kappa shape index (κ2) is 2.78. The number of hydrogen-bond donors (Lipinski definition) is 1. The summed E-state index contributed by atoms with van der Waals surface area (Å²) in [6.45, 7) is 0. The van der Waals surface area contributed by atoms with Gasteiger partial charge in [-0.3, -0.25) is 14.8 Å². The summed E-state index contributed by atoms with van der Waals surface area (Å²) < 4.78 is 22.5. The number of aromatic nitrogens is 2. The summed E-state index contributed by atoms with van der Waals surface area (Å²) in [5.74, 6) is 0. The summed E-state index contributed by atoms with van der Waals surface area (Å²) in [5.41, 5.74) is -0.620. The van der Waals surface area contributed by atoms with Gasteiger partial charge in [-0.05, 0) is 0 Å². The Morgan fingerprint density at radius 3 is 2.54 bits per heavy atom. The molecular formula is C4H6N4O4S. The van der Waals surface area contributed by atoms with Crippen molar-refractivity contribution in [3.8, 4) is 0 Å². The van der Waals surface area contributed by atoms with E-state index in [0.717, 1.165) is 10.9 Å². The van der Waals surface area contributed by atoms with Crippen LogP contribution in [-0.2, 0) is 17.1 Å². The first-order valence-corrected chi connectivity index (χ1v) is 4.58. The zero-order valence-corrected chi connectivity index (χ0v) is 7.35. The topological polar surface area (TPSA) is 121 Å². The quantitative estimate of drug-likeness (QED) is 0.490. The van der Waals surface area contributed by atoms with Gasteiger partial charge >= 0.3 is 5.69 Å². The summed E-state index contributed by atoms with van der Waals surface area (Å²) in [6.07, 6.45) is 0.972. The molecule has 0 aromatic carbocycles. The smallest absolute Gasteiger partial charge is 0.267 e. The van der Waals surface area contributed by atoms with Crippen molar-refractivity contribution >= 4 is 15.7 Å². The average molecular weight is 206 g/mol. The van der Waals surface area contributed by atoms with Crippen molar-refractivity contribution in [1.29, 1.82) is 0 Å². The molecule has 9 heteroatoms. The highest BCUT2D eigenvalue weighted by Crippen LogP contribution is 2.19. The zero-order chi connectivity index (χ0) is 10.2. The number of sulfonamides is 1. The van der Waals surface area contributed by atoms with Gasteiger partial charge in [0.05, 0.1) is 4.92 Å². The van der Waals surface area contributed by atoms with Gasteiger partial charge in [0.15, 0.2) is 0 Å². The van der Waals surface area contributed by atoms with Crippen LogP contribution in [0.5, 0.6) is 0 Å². The summed E-state index contributed by atoms with van der Waals surface area (Å²) in [5, 5.41) is 17.7. The average Bonchev–Trinajstić information content (AvgIpc) is 2.29. The summed E-state index contributed by atoms with van der Waals surface area (Å²) >= 11 is 0. The molecule has 0 bridgehead atoms. The molecule has 0 saturated heterocycles. The lowest BCUT2D eigenvalue weighted by atomic mass is 10.6. The minimum atomic E-state index is -4.13. The second-order valence-electron chi connectivity index (χ2n) is 2.30. The molecule has 0 atom stereocenters.